The van der Waals surface area contributed by atoms with Crippen LogP contribution in [-0.2, 0) is 30.5 Å². The highest BCUT2D eigenvalue weighted by atomic mass is 16.5. The third kappa shape index (κ3) is 4.92. The van der Waals surface area contributed by atoms with Gasteiger partial charge in [-0.15, -0.1) is 0 Å². The van der Waals surface area contributed by atoms with Gasteiger partial charge in [0.15, 0.2) is 5.78 Å². The summed E-state index contributed by atoms with van der Waals surface area (Å²) >= 11 is 0. The number of benzene rings is 1. The minimum Gasteiger partial charge on any atom is -0.478 e. The molecule has 182 valence electrons. The van der Waals surface area contributed by atoms with E-state index in [1.807, 2.05) is 11.6 Å². The van der Waals surface area contributed by atoms with Crippen molar-refractivity contribution in [1.82, 2.24) is 15.1 Å². The van der Waals surface area contributed by atoms with E-state index in [1.54, 1.807) is 12.1 Å². The van der Waals surface area contributed by atoms with Crippen LogP contribution >= 0.6 is 0 Å². The summed E-state index contributed by atoms with van der Waals surface area (Å²) in [7, 11) is 0. The number of unbranched alkanes of at least 4 members (excludes halogenated alkanes) is 1. The molecule has 0 bridgehead atoms. The molecule has 2 aliphatic heterocycles. The number of aromatic carboxylic acids is 1. The Morgan fingerprint density at radius 2 is 2.00 bits per heavy atom. The highest BCUT2D eigenvalue weighted by molar-refractivity contribution is 5.97. The van der Waals surface area contributed by atoms with E-state index in [9.17, 15) is 19.5 Å². The van der Waals surface area contributed by atoms with E-state index < -0.39 is 5.97 Å². The largest absolute Gasteiger partial charge is 0.478 e. The van der Waals surface area contributed by atoms with Gasteiger partial charge >= 0.3 is 5.97 Å². The van der Waals surface area contributed by atoms with Crippen LogP contribution in [-0.4, -0.2) is 52.3 Å². The summed E-state index contributed by atoms with van der Waals surface area (Å²) < 4.78 is 7.58. The van der Waals surface area contributed by atoms with Crippen LogP contribution in [0.1, 0.15) is 87.6 Å². The monoisotopic (exact) mass is 467 g/mol. The fraction of sp³-hybridized carbons (Fsp3) is 0.538. The summed E-state index contributed by atoms with van der Waals surface area (Å²) in [4.78, 5) is 36.3. The van der Waals surface area contributed by atoms with Crippen molar-refractivity contribution in [3.05, 3.63) is 51.8 Å². The average molecular weight is 468 g/mol. The first-order valence-corrected chi connectivity index (χ1v) is 12.2. The number of carbonyl (C=O) groups is 3. The molecular formula is C26H33N3O5. The highest BCUT2D eigenvalue weighted by Crippen LogP contribution is 2.37. The lowest BCUT2D eigenvalue weighted by Crippen LogP contribution is -2.40. The normalized spacial score (nSPS) is 17.2. The van der Waals surface area contributed by atoms with E-state index in [0.717, 1.165) is 49.1 Å². The van der Waals surface area contributed by atoms with Crippen molar-refractivity contribution in [2.24, 2.45) is 5.41 Å². The van der Waals surface area contributed by atoms with Gasteiger partial charge in [-0.05, 0) is 75.0 Å². The maximum absolute atomic E-state index is 12.9. The first-order chi connectivity index (χ1) is 16.3. The Hall–Kier alpha value is -3.00. The van der Waals surface area contributed by atoms with E-state index >= 15 is 0 Å². The van der Waals surface area contributed by atoms with Crippen molar-refractivity contribution in [3.63, 3.8) is 0 Å². The molecule has 8 nitrogen and oxygen atoms in total. The first kappa shape index (κ1) is 24.1. The Bertz CT molecular complexity index is 1100. The molecule has 1 saturated heterocycles. The second-order valence-electron chi connectivity index (χ2n) is 9.51. The fourth-order valence-electron chi connectivity index (χ4n) is 5.16. The SMILES string of the molecule is CCc1nn(CCCCc2cc(C(C)=O)ccc2C(=O)O)c2c1C(=O)NCC1(CCOCC1)C2. The second-order valence-corrected chi connectivity index (χ2v) is 9.51. The Morgan fingerprint density at radius 1 is 1.24 bits per heavy atom. The molecule has 0 unspecified atom stereocenters. The number of carboxylic acid groups (broad SMARTS) is 1. The number of carbonyl (C=O) groups excluding carboxylic acids is 2. The topological polar surface area (TPSA) is 111 Å². The van der Waals surface area contributed by atoms with Gasteiger partial charge in [-0.3, -0.25) is 14.3 Å². The van der Waals surface area contributed by atoms with E-state index in [2.05, 4.69) is 5.32 Å². The maximum Gasteiger partial charge on any atom is 0.335 e. The zero-order valence-corrected chi connectivity index (χ0v) is 20.0. The number of carboxylic acids is 1. The van der Waals surface area contributed by atoms with Crippen LogP contribution in [0, 0.1) is 5.41 Å². The quantitative estimate of drug-likeness (QED) is 0.454. The highest BCUT2D eigenvalue weighted by Gasteiger charge is 2.39. The number of Topliss-reactive ketones (excluding diaryl/α,β-unsaturated/α-hetero) is 1. The number of amides is 1. The molecular weight excluding hydrogens is 434 g/mol. The number of aryl methyl sites for hydroxylation is 3. The number of ether oxygens (including phenoxy) is 1. The summed E-state index contributed by atoms with van der Waals surface area (Å²) in [5, 5.41) is 17.5. The smallest absolute Gasteiger partial charge is 0.335 e. The van der Waals surface area contributed by atoms with Crippen molar-refractivity contribution >= 4 is 17.7 Å². The minimum absolute atomic E-state index is 0.00543. The predicted molar refractivity (Wildman–Crippen MR) is 126 cm³/mol. The molecule has 0 atom stereocenters. The number of ketones is 1. The van der Waals surface area contributed by atoms with Crippen molar-refractivity contribution < 1.29 is 24.2 Å². The number of rotatable bonds is 8. The van der Waals surface area contributed by atoms with Crippen LogP contribution in [0.15, 0.2) is 18.2 Å². The number of hydrogen-bond donors (Lipinski definition) is 2. The Labute approximate surface area is 199 Å². The molecule has 4 rings (SSSR count). The molecule has 8 heteroatoms. The van der Waals surface area contributed by atoms with E-state index in [0.29, 0.717) is 50.3 Å². The number of nitrogens with zero attached hydrogens (tertiary/aromatic N) is 2. The number of hydrogen-bond acceptors (Lipinski definition) is 5. The Balaban J connectivity index is 1.50. The zero-order valence-electron chi connectivity index (χ0n) is 20.0. The van der Waals surface area contributed by atoms with Gasteiger partial charge in [-0.25, -0.2) is 4.79 Å². The fourth-order valence-corrected chi connectivity index (χ4v) is 5.16. The van der Waals surface area contributed by atoms with Crippen LogP contribution in [0.25, 0.3) is 0 Å². The van der Waals surface area contributed by atoms with E-state index in [4.69, 9.17) is 9.84 Å². The van der Waals surface area contributed by atoms with Crippen LogP contribution in [0.2, 0.25) is 0 Å². The van der Waals surface area contributed by atoms with Gasteiger partial charge in [-0.2, -0.15) is 5.10 Å². The van der Waals surface area contributed by atoms with Gasteiger partial charge in [0.2, 0.25) is 0 Å². The maximum atomic E-state index is 12.9. The van der Waals surface area contributed by atoms with Crippen molar-refractivity contribution in [3.8, 4) is 0 Å². The van der Waals surface area contributed by atoms with Crippen LogP contribution < -0.4 is 5.32 Å². The first-order valence-electron chi connectivity index (χ1n) is 12.2. The van der Waals surface area contributed by atoms with Gasteiger partial charge in [0.1, 0.15) is 0 Å². The summed E-state index contributed by atoms with van der Waals surface area (Å²) in [6.07, 6.45) is 5.45. The molecule has 2 N–H and O–H groups in total. The molecule has 1 amide bonds. The van der Waals surface area contributed by atoms with E-state index in [-0.39, 0.29) is 22.7 Å². The van der Waals surface area contributed by atoms with Crippen LogP contribution in [0.5, 0.6) is 0 Å². The van der Waals surface area contributed by atoms with Crippen molar-refractivity contribution in [1.29, 1.82) is 0 Å². The molecule has 3 heterocycles. The summed E-state index contributed by atoms with van der Waals surface area (Å²) in [5.41, 5.74) is 4.02. The van der Waals surface area contributed by atoms with E-state index in [1.165, 1.54) is 13.0 Å². The van der Waals surface area contributed by atoms with Crippen molar-refractivity contribution in [2.45, 2.75) is 65.3 Å². The van der Waals surface area contributed by atoms with Gasteiger partial charge in [0.05, 0.1) is 22.5 Å². The number of aromatic nitrogens is 2. The van der Waals surface area contributed by atoms with Crippen LogP contribution in [0.3, 0.4) is 0 Å². The van der Waals surface area contributed by atoms with Gasteiger partial charge in [0, 0.05) is 31.9 Å². The van der Waals surface area contributed by atoms with Crippen LogP contribution in [0.4, 0.5) is 0 Å². The van der Waals surface area contributed by atoms with Gasteiger partial charge in [0.25, 0.3) is 5.91 Å². The lowest BCUT2D eigenvalue weighted by atomic mass is 9.76. The Kier molecular flexibility index (Phi) is 7.16. The van der Waals surface area contributed by atoms with Gasteiger partial charge < -0.3 is 15.2 Å². The Morgan fingerprint density at radius 3 is 2.68 bits per heavy atom. The molecule has 0 aliphatic carbocycles. The molecule has 1 aromatic carbocycles. The molecule has 0 saturated carbocycles. The summed E-state index contributed by atoms with van der Waals surface area (Å²) in [6, 6.07) is 4.78. The molecule has 2 aromatic rings. The molecule has 0 radical (unpaired) electrons. The lowest BCUT2D eigenvalue weighted by Gasteiger charge is -2.36. The third-order valence-corrected chi connectivity index (χ3v) is 7.22. The van der Waals surface area contributed by atoms with Gasteiger partial charge in [-0.1, -0.05) is 13.0 Å². The molecule has 2 aliphatic rings. The molecule has 1 fully saturated rings. The lowest BCUT2D eigenvalue weighted by molar-refractivity contribution is 0.0152. The standard InChI is InChI=1S/C26H33N3O5/c1-3-21-23-22(15-26(16-27-24(23)31)9-12-34-13-10-26)29(28-21)11-5-4-6-19-14-18(17(2)30)7-8-20(19)25(32)33/h7-8,14H,3-6,9-13,15-16H2,1-2H3,(H,27,31)(H,32,33). The predicted octanol–water partition coefficient (Wildman–Crippen LogP) is 3.45. The molecule has 34 heavy (non-hydrogen) atoms. The number of nitrogens with one attached hydrogen (secondary N) is 1. The summed E-state index contributed by atoms with van der Waals surface area (Å²) in [6.45, 7) is 6.26. The van der Waals surface area contributed by atoms with Crippen molar-refractivity contribution in [2.75, 3.05) is 19.8 Å². The second kappa shape index (κ2) is 10.1. The third-order valence-electron chi connectivity index (χ3n) is 7.22. The zero-order chi connectivity index (χ0) is 24.3. The minimum atomic E-state index is -0.983. The molecule has 1 spiro atoms. The molecule has 1 aromatic heterocycles. The average Bonchev–Trinajstić information content (AvgIpc) is 3.10. The summed E-state index contributed by atoms with van der Waals surface area (Å²) in [5.74, 6) is -1.10. The number of fused-ring (bicyclic) bond motifs is 1.